The van der Waals surface area contributed by atoms with E-state index >= 15 is 0 Å². The fourth-order valence-electron chi connectivity index (χ4n) is 2.06. The number of nitrogens with two attached hydrogens (primary N) is 1. The van der Waals surface area contributed by atoms with E-state index in [0.717, 1.165) is 11.1 Å². The Morgan fingerprint density at radius 2 is 1.67 bits per heavy atom. The predicted octanol–water partition coefficient (Wildman–Crippen LogP) is 2.26. The molecule has 0 spiro atoms. The van der Waals surface area contributed by atoms with Crippen LogP contribution in [0.1, 0.15) is 33.1 Å². The van der Waals surface area contributed by atoms with Crippen LogP contribution in [0.25, 0.3) is 0 Å². The van der Waals surface area contributed by atoms with Gasteiger partial charge >= 0.3 is 0 Å². The molecule has 2 amide bonds. The number of hydrogen-bond donors (Lipinski definition) is 2. The Bertz CT molecular complexity index is 666. The molecule has 4 nitrogen and oxygen atoms in total. The van der Waals surface area contributed by atoms with Crippen molar-refractivity contribution < 1.29 is 9.59 Å². The molecule has 0 aliphatic carbocycles. The summed E-state index contributed by atoms with van der Waals surface area (Å²) in [5.74, 6) is -0.899. The summed E-state index contributed by atoms with van der Waals surface area (Å²) < 4.78 is 0. The minimum absolute atomic E-state index is 0.314. The Morgan fingerprint density at radius 1 is 1.00 bits per heavy atom. The average molecular weight is 282 g/mol. The molecule has 1 atom stereocenters. The minimum atomic E-state index is -0.833. The summed E-state index contributed by atoms with van der Waals surface area (Å²) >= 11 is 0. The molecule has 4 heteroatoms. The zero-order chi connectivity index (χ0) is 15.4. The van der Waals surface area contributed by atoms with Crippen LogP contribution in [0.3, 0.4) is 0 Å². The third-order valence-corrected chi connectivity index (χ3v) is 3.46. The first kappa shape index (κ1) is 14.8. The molecule has 2 aromatic rings. The smallest absolute Gasteiger partial charge is 0.252 e. The molecule has 0 heterocycles. The van der Waals surface area contributed by atoms with Gasteiger partial charge in [0.05, 0.1) is 0 Å². The van der Waals surface area contributed by atoms with Gasteiger partial charge in [0.25, 0.3) is 5.91 Å². The number of amides is 2. The molecule has 0 aliphatic rings. The van der Waals surface area contributed by atoms with Gasteiger partial charge in [-0.25, -0.2) is 0 Å². The average Bonchev–Trinajstić information content (AvgIpc) is 2.48. The Hall–Kier alpha value is -2.62. The normalized spacial score (nSPS) is 11.7. The summed E-state index contributed by atoms with van der Waals surface area (Å²) in [5.41, 5.74) is 8.72. The van der Waals surface area contributed by atoms with Crippen molar-refractivity contribution in [2.45, 2.75) is 19.9 Å². The van der Waals surface area contributed by atoms with Crippen molar-refractivity contribution >= 4 is 11.8 Å². The van der Waals surface area contributed by atoms with Crippen molar-refractivity contribution in [2.24, 2.45) is 5.73 Å². The van der Waals surface area contributed by atoms with Gasteiger partial charge in [-0.1, -0.05) is 36.4 Å². The predicted molar refractivity (Wildman–Crippen MR) is 81.8 cm³/mol. The van der Waals surface area contributed by atoms with Crippen LogP contribution in [-0.2, 0) is 4.79 Å². The maximum atomic E-state index is 12.3. The van der Waals surface area contributed by atoms with Crippen LogP contribution in [0.4, 0.5) is 0 Å². The summed E-state index contributed by atoms with van der Waals surface area (Å²) in [4.78, 5) is 23.9. The van der Waals surface area contributed by atoms with Gasteiger partial charge in [-0.2, -0.15) is 0 Å². The van der Waals surface area contributed by atoms with Crippen LogP contribution >= 0.6 is 0 Å². The lowest BCUT2D eigenvalue weighted by Gasteiger charge is -2.16. The molecule has 0 aromatic heterocycles. The highest BCUT2D eigenvalue weighted by Crippen LogP contribution is 2.14. The fourth-order valence-corrected chi connectivity index (χ4v) is 2.06. The van der Waals surface area contributed by atoms with Gasteiger partial charge in [0.1, 0.15) is 6.04 Å². The number of aryl methyl sites for hydroxylation is 2. The molecular formula is C17H18N2O2. The van der Waals surface area contributed by atoms with E-state index in [-0.39, 0.29) is 5.91 Å². The van der Waals surface area contributed by atoms with Gasteiger partial charge in [0, 0.05) is 5.56 Å². The summed E-state index contributed by atoms with van der Waals surface area (Å²) in [6, 6.07) is 13.5. The van der Waals surface area contributed by atoms with Crippen molar-refractivity contribution in [2.75, 3.05) is 0 Å². The number of hydrogen-bond acceptors (Lipinski definition) is 2. The molecule has 0 saturated carbocycles. The highest BCUT2D eigenvalue weighted by molar-refractivity contribution is 5.97. The number of carbonyl (C=O) groups excluding carboxylic acids is 2. The van der Waals surface area contributed by atoms with Crippen LogP contribution in [0.5, 0.6) is 0 Å². The molecular weight excluding hydrogens is 264 g/mol. The quantitative estimate of drug-likeness (QED) is 0.902. The topological polar surface area (TPSA) is 72.2 Å². The van der Waals surface area contributed by atoms with Crippen LogP contribution in [0, 0.1) is 13.8 Å². The molecule has 21 heavy (non-hydrogen) atoms. The van der Waals surface area contributed by atoms with Crippen LogP contribution < -0.4 is 11.1 Å². The number of carbonyl (C=O) groups is 2. The number of primary amides is 1. The second kappa shape index (κ2) is 6.22. The van der Waals surface area contributed by atoms with Gasteiger partial charge in [0.15, 0.2) is 0 Å². The zero-order valence-corrected chi connectivity index (χ0v) is 12.1. The highest BCUT2D eigenvalue weighted by atomic mass is 16.2. The highest BCUT2D eigenvalue weighted by Gasteiger charge is 2.20. The van der Waals surface area contributed by atoms with Crippen molar-refractivity contribution in [3.63, 3.8) is 0 Å². The number of benzene rings is 2. The first-order chi connectivity index (χ1) is 9.99. The molecule has 0 aliphatic heterocycles. The molecule has 2 rings (SSSR count). The van der Waals surface area contributed by atoms with Crippen LogP contribution in [0.2, 0.25) is 0 Å². The van der Waals surface area contributed by atoms with E-state index < -0.39 is 11.9 Å². The van der Waals surface area contributed by atoms with E-state index in [1.165, 1.54) is 0 Å². The molecule has 108 valence electrons. The Labute approximate surface area is 124 Å². The molecule has 3 N–H and O–H groups in total. The lowest BCUT2D eigenvalue weighted by atomic mass is 10.0. The number of nitrogens with one attached hydrogen (secondary N) is 1. The first-order valence-electron chi connectivity index (χ1n) is 6.71. The second-order valence-electron chi connectivity index (χ2n) is 5.02. The fraction of sp³-hybridized carbons (Fsp3) is 0.176. The number of rotatable bonds is 4. The maximum absolute atomic E-state index is 12.3. The van der Waals surface area contributed by atoms with E-state index in [4.69, 9.17) is 5.73 Å². The Balaban J connectivity index is 2.23. The second-order valence-corrected chi connectivity index (χ2v) is 5.02. The lowest BCUT2D eigenvalue weighted by molar-refractivity contribution is -0.120. The van der Waals surface area contributed by atoms with E-state index in [1.54, 1.807) is 36.4 Å². The van der Waals surface area contributed by atoms with Gasteiger partial charge < -0.3 is 11.1 Å². The maximum Gasteiger partial charge on any atom is 0.252 e. The zero-order valence-electron chi connectivity index (χ0n) is 12.1. The molecule has 2 aromatic carbocycles. The van der Waals surface area contributed by atoms with Gasteiger partial charge in [-0.15, -0.1) is 0 Å². The van der Waals surface area contributed by atoms with E-state index in [9.17, 15) is 9.59 Å². The molecule has 1 unspecified atom stereocenters. The van der Waals surface area contributed by atoms with Crippen molar-refractivity contribution in [3.8, 4) is 0 Å². The molecule has 0 fully saturated rings. The first-order valence-corrected chi connectivity index (χ1v) is 6.71. The third kappa shape index (κ3) is 3.48. The van der Waals surface area contributed by atoms with Crippen LogP contribution in [0.15, 0.2) is 48.5 Å². The summed E-state index contributed by atoms with van der Waals surface area (Å²) in [6.07, 6.45) is 0. The monoisotopic (exact) mass is 282 g/mol. The van der Waals surface area contributed by atoms with E-state index in [1.807, 2.05) is 26.0 Å². The van der Waals surface area contributed by atoms with Crippen molar-refractivity contribution in [1.82, 2.24) is 5.32 Å². The van der Waals surface area contributed by atoms with Crippen molar-refractivity contribution in [3.05, 3.63) is 70.8 Å². The van der Waals surface area contributed by atoms with Gasteiger partial charge in [-0.3, -0.25) is 9.59 Å². The third-order valence-electron chi connectivity index (χ3n) is 3.46. The minimum Gasteiger partial charge on any atom is -0.368 e. The summed E-state index contributed by atoms with van der Waals surface area (Å²) in [5, 5.41) is 2.68. The standard InChI is InChI=1S/C17H18N2O2/c1-11-8-9-14(10-12(11)2)17(21)19-15(16(18)20)13-6-4-3-5-7-13/h3-10,15H,1-2H3,(H2,18,20)(H,19,21). The van der Waals surface area contributed by atoms with Crippen molar-refractivity contribution in [1.29, 1.82) is 0 Å². The SMILES string of the molecule is Cc1ccc(C(=O)NC(C(N)=O)c2ccccc2)cc1C. The Kier molecular flexibility index (Phi) is 4.38. The van der Waals surface area contributed by atoms with Gasteiger partial charge in [-0.05, 0) is 42.7 Å². The summed E-state index contributed by atoms with van der Waals surface area (Å²) in [6.45, 7) is 3.92. The van der Waals surface area contributed by atoms with Crippen LogP contribution in [-0.4, -0.2) is 11.8 Å². The largest absolute Gasteiger partial charge is 0.368 e. The Morgan fingerprint density at radius 3 is 2.24 bits per heavy atom. The molecule has 0 radical (unpaired) electrons. The molecule has 0 bridgehead atoms. The van der Waals surface area contributed by atoms with E-state index in [0.29, 0.717) is 11.1 Å². The molecule has 0 saturated heterocycles. The lowest BCUT2D eigenvalue weighted by Crippen LogP contribution is -2.37. The van der Waals surface area contributed by atoms with Gasteiger partial charge in [0.2, 0.25) is 5.91 Å². The van der Waals surface area contributed by atoms with E-state index in [2.05, 4.69) is 5.32 Å². The summed E-state index contributed by atoms with van der Waals surface area (Å²) in [7, 11) is 0.